The molecule has 1 saturated heterocycles. The highest BCUT2D eigenvalue weighted by molar-refractivity contribution is 5.80. The van der Waals surface area contributed by atoms with Crippen LogP contribution in [0.25, 0.3) is 0 Å². The molecular weight excluding hydrogens is 366 g/mol. The summed E-state index contributed by atoms with van der Waals surface area (Å²) in [6.45, 7) is 6.57. The number of hydrazine groups is 1. The summed E-state index contributed by atoms with van der Waals surface area (Å²) >= 11 is 0. The molecule has 1 aliphatic rings. The number of benzene rings is 2. The van der Waals surface area contributed by atoms with Gasteiger partial charge in [0.15, 0.2) is 0 Å². The summed E-state index contributed by atoms with van der Waals surface area (Å²) in [6, 6.07) is 15.7. The van der Waals surface area contributed by atoms with Crippen LogP contribution in [0.4, 0.5) is 0 Å². The molecule has 1 heterocycles. The summed E-state index contributed by atoms with van der Waals surface area (Å²) in [5.41, 5.74) is 8.46. The number of carbonyl (C=O) groups excluding carboxylic acids is 1. The predicted octanol–water partition coefficient (Wildman–Crippen LogP) is 3.35. The van der Waals surface area contributed by atoms with Crippen LogP contribution in [-0.4, -0.2) is 25.7 Å². The molecule has 0 spiro atoms. The zero-order valence-corrected chi connectivity index (χ0v) is 17.2. The zero-order valence-electron chi connectivity index (χ0n) is 17.2. The first-order valence-corrected chi connectivity index (χ1v) is 10.4. The van der Waals surface area contributed by atoms with Crippen molar-refractivity contribution < 1.29 is 14.3 Å². The van der Waals surface area contributed by atoms with Gasteiger partial charge in [0.1, 0.15) is 11.5 Å². The lowest BCUT2D eigenvalue weighted by Gasteiger charge is -2.19. The Morgan fingerprint density at radius 1 is 1.03 bits per heavy atom. The Labute approximate surface area is 173 Å². The molecule has 156 valence electrons. The van der Waals surface area contributed by atoms with E-state index in [0.29, 0.717) is 19.7 Å². The second-order valence-electron chi connectivity index (χ2n) is 7.18. The molecule has 2 aromatic rings. The highest BCUT2D eigenvalue weighted by Crippen LogP contribution is 2.27. The van der Waals surface area contributed by atoms with Crippen molar-refractivity contribution in [1.82, 2.24) is 16.2 Å². The molecule has 2 atom stereocenters. The molecule has 6 nitrogen and oxygen atoms in total. The molecule has 6 heteroatoms. The molecule has 0 aromatic heterocycles. The number of unbranched alkanes of at least 4 members (excludes halogenated alkanes) is 1. The molecule has 3 rings (SSSR count). The van der Waals surface area contributed by atoms with E-state index in [4.69, 9.17) is 9.47 Å². The van der Waals surface area contributed by atoms with E-state index in [0.717, 1.165) is 42.1 Å². The van der Waals surface area contributed by atoms with E-state index in [9.17, 15) is 4.79 Å². The fourth-order valence-corrected chi connectivity index (χ4v) is 3.35. The molecular formula is C23H31N3O3. The predicted molar refractivity (Wildman–Crippen MR) is 114 cm³/mol. The maximum absolute atomic E-state index is 12.8. The number of carbonyl (C=O) groups is 1. The largest absolute Gasteiger partial charge is 0.494 e. The van der Waals surface area contributed by atoms with Crippen LogP contribution in [0.3, 0.4) is 0 Å². The second kappa shape index (κ2) is 10.8. The molecule has 2 aromatic carbocycles. The Bertz CT molecular complexity index is 762. The van der Waals surface area contributed by atoms with E-state index in [1.165, 1.54) is 0 Å². The van der Waals surface area contributed by atoms with Crippen LogP contribution in [-0.2, 0) is 11.3 Å². The highest BCUT2D eigenvalue weighted by Gasteiger charge is 2.33. The van der Waals surface area contributed by atoms with E-state index in [1.54, 1.807) is 0 Å². The number of hydrogen-bond acceptors (Lipinski definition) is 5. The first-order chi connectivity index (χ1) is 14.2. The summed E-state index contributed by atoms with van der Waals surface area (Å²) < 4.78 is 11.2. The van der Waals surface area contributed by atoms with E-state index in [2.05, 4.69) is 23.1 Å². The number of amides is 1. The third-order valence-corrected chi connectivity index (χ3v) is 5.03. The van der Waals surface area contributed by atoms with Crippen LogP contribution in [0.5, 0.6) is 11.5 Å². The van der Waals surface area contributed by atoms with Gasteiger partial charge in [0, 0.05) is 13.1 Å². The average molecular weight is 398 g/mol. The lowest BCUT2D eigenvalue weighted by molar-refractivity contribution is -0.125. The van der Waals surface area contributed by atoms with Gasteiger partial charge in [-0.3, -0.25) is 10.2 Å². The van der Waals surface area contributed by atoms with Gasteiger partial charge in [-0.2, -0.15) is 0 Å². The lowest BCUT2D eigenvalue weighted by atomic mass is 9.94. The van der Waals surface area contributed by atoms with E-state index >= 15 is 0 Å². The summed E-state index contributed by atoms with van der Waals surface area (Å²) in [5.74, 6) is 1.56. The maximum atomic E-state index is 12.8. The Morgan fingerprint density at radius 3 is 2.41 bits per heavy atom. The molecule has 1 fully saturated rings. The van der Waals surface area contributed by atoms with Gasteiger partial charge >= 0.3 is 0 Å². The monoisotopic (exact) mass is 397 g/mol. The molecule has 2 unspecified atom stereocenters. The summed E-state index contributed by atoms with van der Waals surface area (Å²) in [6.07, 6.45) is 2.16. The van der Waals surface area contributed by atoms with Crippen LogP contribution in [0.1, 0.15) is 43.9 Å². The van der Waals surface area contributed by atoms with E-state index < -0.39 is 0 Å². The third kappa shape index (κ3) is 5.95. The number of rotatable bonds is 10. The van der Waals surface area contributed by atoms with Crippen molar-refractivity contribution in [1.29, 1.82) is 0 Å². The van der Waals surface area contributed by atoms with Gasteiger partial charge in [-0.1, -0.05) is 37.6 Å². The summed E-state index contributed by atoms with van der Waals surface area (Å²) in [7, 11) is 0. The minimum Gasteiger partial charge on any atom is -0.494 e. The molecule has 0 aliphatic carbocycles. The van der Waals surface area contributed by atoms with Crippen LogP contribution >= 0.6 is 0 Å². The fourth-order valence-electron chi connectivity index (χ4n) is 3.35. The third-order valence-electron chi connectivity index (χ3n) is 5.03. The van der Waals surface area contributed by atoms with E-state index in [-0.39, 0.29) is 17.9 Å². The standard InChI is InChI=1S/C23H31N3O3/c1-3-5-14-29-20-12-8-18(9-13-20)22-21(16-25-26-22)23(27)24-15-17-6-10-19(11-7-17)28-4-2/h6-13,21-22,25-26H,3-5,14-16H2,1-2H3,(H,24,27). The van der Waals surface area contributed by atoms with Gasteiger partial charge in [0.2, 0.25) is 5.91 Å². The quantitative estimate of drug-likeness (QED) is 0.537. The molecule has 0 saturated carbocycles. The minimum absolute atomic E-state index is 0.0321. The van der Waals surface area contributed by atoms with Crippen LogP contribution in [0.2, 0.25) is 0 Å². The van der Waals surface area contributed by atoms with Crippen LogP contribution < -0.4 is 25.6 Å². The Hall–Kier alpha value is -2.57. The lowest BCUT2D eigenvalue weighted by Crippen LogP contribution is -2.34. The van der Waals surface area contributed by atoms with Crippen molar-refractivity contribution in [3.8, 4) is 11.5 Å². The Balaban J connectivity index is 1.54. The van der Waals surface area contributed by atoms with Crippen LogP contribution in [0, 0.1) is 5.92 Å². The van der Waals surface area contributed by atoms with Gasteiger partial charge in [0.25, 0.3) is 0 Å². The van der Waals surface area contributed by atoms with Crippen molar-refractivity contribution in [3.05, 3.63) is 59.7 Å². The van der Waals surface area contributed by atoms with Gasteiger partial charge in [-0.25, -0.2) is 5.43 Å². The van der Waals surface area contributed by atoms with Crippen LogP contribution in [0.15, 0.2) is 48.5 Å². The SMILES string of the molecule is CCCCOc1ccc(C2NNCC2C(=O)NCc2ccc(OCC)cc2)cc1. The van der Waals surface area contributed by atoms with Crippen molar-refractivity contribution in [3.63, 3.8) is 0 Å². The summed E-state index contributed by atoms with van der Waals surface area (Å²) in [4.78, 5) is 12.8. The van der Waals surface area contributed by atoms with E-state index in [1.807, 2.05) is 55.5 Å². The molecule has 0 bridgehead atoms. The fraction of sp³-hybridized carbons (Fsp3) is 0.435. The first-order valence-electron chi connectivity index (χ1n) is 10.4. The average Bonchev–Trinajstić information content (AvgIpc) is 3.24. The van der Waals surface area contributed by atoms with Crippen molar-refractivity contribution in [2.45, 2.75) is 39.3 Å². The summed E-state index contributed by atoms with van der Waals surface area (Å²) in [5, 5.41) is 3.05. The topological polar surface area (TPSA) is 71.6 Å². The van der Waals surface area contributed by atoms with Gasteiger partial charge < -0.3 is 14.8 Å². The van der Waals surface area contributed by atoms with Gasteiger partial charge in [-0.05, 0) is 48.7 Å². The first kappa shape index (κ1) is 21.1. The molecule has 1 amide bonds. The molecule has 29 heavy (non-hydrogen) atoms. The smallest absolute Gasteiger partial charge is 0.226 e. The normalized spacial score (nSPS) is 18.4. The Morgan fingerprint density at radius 2 is 1.72 bits per heavy atom. The Kier molecular flexibility index (Phi) is 7.90. The minimum atomic E-state index is -0.176. The van der Waals surface area contributed by atoms with Crippen molar-refractivity contribution in [2.24, 2.45) is 5.92 Å². The van der Waals surface area contributed by atoms with Crippen molar-refractivity contribution in [2.75, 3.05) is 19.8 Å². The molecule has 1 aliphatic heterocycles. The number of ether oxygens (including phenoxy) is 2. The highest BCUT2D eigenvalue weighted by atomic mass is 16.5. The molecule has 3 N–H and O–H groups in total. The maximum Gasteiger partial charge on any atom is 0.226 e. The second-order valence-corrected chi connectivity index (χ2v) is 7.18. The molecule has 0 radical (unpaired) electrons. The number of nitrogens with one attached hydrogen (secondary N) is 3. The van der Waals surface area contributed by atoms with Crippen molar-refractivity contribution >= 4 is 5.91 Å². The van der Waals surface area contributed by atoms with Gasteiger partial charge in [-0.15, -0.1) is 0 Å². The zero-order chi connectivity index (χ0) is 20.5. The number of hydrogen-bond donors (Lipinski definition) is 3. The van der Waals surface area contributed by atoms with Gasteiger partial charge in [0.05, 0.1) is 25.2 Å².